The number of nitrogens with zero attached hydrogens (tertiary/aromatic N) is 4. The minimum Gasteiger partial charge on any atom is -0.378 e. The maximum absolute atomic E-state index is 13.0. The van der Waals surface area contributed by atoms with Crippen molar-refractivity contribution in [1.82, 2.24) is 14.9 Å². The van der Waals surface area contributed by atoms with Gasteiger partial charge in [0.05, 0.1) is 13.2 Å². The molecule has 0 aliphatic carbocycles. The van der Waals surface area contributed by atoms with Crippen LogP contribution in [-0.4, -0.2) is 72.1 Å². The minimum atomic E-state index is -0.283. The number of morpholine rings is 1. The van der Waals surface area contributed by atoms with Crippen molar-refractivity contribution in [2.75, 3.05) is 54.9 Å². The number of hydrogen-bond donors (Lipinski definition) is 2. The van der Waals surface area contributed by atoms with Crippen molar-refractivity contribution in [3.05, 3.63) is 54.7 Å². The maximum atomic E-state index is 13.0. The summed E-state index contributed by atoms with van der Waals surface area (Å²) in [7, 11) is 0. The molecule has 2 fully saturated rings. The number of rotatable bonds is 6. The number of likely N-dealkylation sites (tertiary alicyclic amines) is 1. The first-order valence-corrected chi connectivity index (χ1v) is 10.9. The van der Waals surface area contributed by atoms with Gasteiger partial charge < -0.3 is 25.2 Å². The van der Waals surface area contributed by atoms with Gasteiger partial charge in [0.25, 0.3) is 5.91 Å². The van der Waals surface area contributed by atoms with Gasteiger partial charge in [-0.25, -0.2) is 4.98 Å². The van der Waals surface area contributed by atoms with Gasteiger partial charge in [0.15, 0.2) is 0 Å². The van der Waals surface area contributed by atoms with Crippen molar-refractivity contribution in [2.45, 2.75) is 18.9 Å². The molecule has 2 aliphatic rings. The zero-order chi connectivity index (χ0) is 22.3. The fraction of sp³-hybridized carbons (Fsp3) is 0.391. The lowest BCUT2D eigenvalue weighted by Gasteiger charge is -2.33. The summed E-state index contributed by atoms with van der Waals surface area (Å²) >= 11 is 0. The van der Waals surface area contributed by atoms with Crippen LogP contribution in [0.25, 0.3) is 0 Å². The first kappa shape index (κ1) is 21.8. The number of benzene rings is 1. The van der Waals surface area contributed by atoms with Gasteiger partial charge in [0.1, 0.15) is 5.82 Å². The van der Waals surface area contributed by atoms with E-state index >= 15 is 0 Å². The molecule has 2 aliphatic heterocycles. The quantitative estimate of drug-likeness (QED) is 0.670. The molecule has 2 amide bonds. The first-order valence-electron chi connectivity index (χ1n) is 10.9. The van der Waals surface area contributed by atoms with Gasteiger partial charge in [-0.3, -0.25) is 9.59 Å². The van der Waals surface area contributed by atoms with Gasteiger partial charge in [-0.2, -0.15) is 4.98 Å². The molecule has 9 nitrogen and oxygen atoms in total. The van der Waals surface area contributed by atoms with Crippen LogP contribution in [0.4, 0.5) is 17.5 Å². The minimum absolute atomic E-state index is 0.0268. The Kier molecular flexibility index (Phi) is 6.96. The second-order valence-electron chi connectivity index (χ2n) is 7.84. The molecule has 32 heavy (non-hydrogen) atoms. The molecule has 168 valence electrons. The highest BCUT2D eigenvalue weighted by molar-refractivity contribution is 5.99. The molecule has 9 heteroatoms. The van der Waals surface area contributed by atoms with Gasteiger partial charge in [-0.1, -0.05) is 6.58 Å². The monoisotopic (exact) mass is 436 g/mol. The average Bonchev–Trinajstić information content (AvgIpc) is 2.85. The molecular formula is C23H28N6O3. The number of ether oxygens (including phenoxy) is 1. The van der Waals surface area contributed by atoms with Gasteiger partial charge in [0.2, 0.25) is 11.9 Å². The lowest BCUT2D eigenvalue weighted by Crippen LogP contribution is -2.45. The number of anilines is 3. The van der Waals surface area contributed by atoms with Gasteiger partial charge in [0, 0.05) is 49.7 Å². The zero-order valence-electron chi connectivity index (χ0n) is 18.0. The standard InChI is InChI=1S/C23H28N6O3/c1-2-21(30)25-18-7-5-17(6-8-18)22(31)29-11-3-4-19(16-29)26-23-24-10-9-20(27-23)28-12-14-32-15-13-28/h2,5-10,19H,1,3-4,11-16H2,(H,25,30)(H,24,26,27)/t19-/m1/s1. The van der Waals surface area contributed by atoms with E-state index in [1.54, 1.807) is 30.5 Å². The molecule has 2 saturated heterocycles. The normalized spacial score (nSPS) is 18.7. The molecule has 2 aromatic rings. The van der Waals surface area contributed by atoms with E-state index in [1.165, 1.54) is 6.08 Å². The lowest BCUT2D eigenvalue weighted by molar-refractivity contribution is -0.111. The summed E-state index contributed by atoms with van der Waals surface area (Å²) in [5.41, 5.74) is 1.22. The van der Waals surface area contributed by atoms with Crippen LogP contribution in [0.15, 0.2) is 49.2 Å². The van der Waals surface area contributed by atoms with Crippen LogP contribution in [-0.2, 0) is 9.53 Å². The van der Waals surface area contributed by atoms with Crippen LogP contribution in [0, 0.1) is 0 Å². The smallest absolute Gasteiger partial charge is 0.253 e. The van der Waals surface area contributed by atoms with Crippen LogP contribution in [0.5, 0.6) is 0 Å². The summed E-state index contributed by atoms with van der Waals surface area (Å²) < 4.78 is 5.41. The Morgan fingerprint density at radius 3 is 2.66 bits per heavy atom. The molecule has 1 atom stereocenters. The fourth-order valence-electron chi connectivity index (χ4n) is 3.92. The van der Waals surface area contributed by atoms with Crippen molar-refractivity contribution in [2.24, 2.45) is 0 Å². The third-order valence-electron chi connectivity index (χ3n) is 5.60. The van der Waals surface area contributed by atoms with Crippen molar-refractivity contribution >= 4 is 29.3 Å². The molecule has 1 aromatic heterocycles. The molecule has 2 N–H and O–H groups in total. The van der Waals surface area contributed by atoms with Crippen molar-refractivity contribution in [1.29, 1.82) is 0 Å². The van der Waals surface area contributed by atoms with Gasteiger partial charge in [-0.15, -0.1) is 0 Å². The Labute approximate surface area is 187 Å². The van der Waals surface area contributed by atoms with E-state index in [9.17, 15) is 9.59 Å². The average molecular weight is 437 g/mol. The predicted molar refractivity (Wildman–Crippen MR) is 123 cm³/mol. The molecule has 4 rings (SSSR count). The number of nitrogens with one attached hydrogen (secondary N) is 2. The second-order valence-corrected chi connectivity index (χ2v) is 7.84. The van der Waals surface area contributed by atoms with Gasteiger partial charge >= 0.3 is 0 Å². The van der Waals surface area contributed by atoms with E-state index in [0.29, 0.717) is 43.5 Å². The zero-order valence-corrected chi connectivity index (χ0v) is 18.0. The van der Waals surface area contributed by atoms with E-state index in [1.807, 2.05) is 11.0 Å². The number of hydrogen-bond acceptors (Lipinski definition) is 7. The SMILES string of the molecule is C=CC(=O)Nc1ccc(C(=O)N2CCC[C@@H](Nc3nccc(N4CCOCC4)n3)C2)cc1. The van der Waals surface area contributed by atoms with Gasteiger partial charge in [-0.05, 0) is 49.2 Å². The lowest BCUT2D eigenvalue weighted by atomic mass is 10.0. The Hall–Kier alpha value is -3.46. The maximum Gasteiger partial charge on any atom is 0.253 e. The first-order chi connectivity index (χ1) is 15.6. The van der Waals surface area contributed by atoms with E-state index in [0.717, 1.165) is 31.7 Å². The number of amides is 2. The van der Waals surface area contributed by atoms with E-state index < -0.39 is 0 Å². The molecule has 0 saturated carbocycles. The Bertz CT molecular complexity index is 958. The predicted octanol–water partition coefficient (Wildman–Crippen LogP) is 2.15. The summed E-state index contributed by atoms with van der Waals surface area (Å²) in [6.45, 7) is 7.77. The molecule has 3 heterocycles. The molecule has 0 spiro atoms. The fourth-order valence-corrected chi connectivity index (χ4v) is 3.92. The van der Waals surface area contributed by atoms with E-state index in [4.69, 9.17) is 4.74 Å². The Morgan fingerprint density at radius 1 is 1.12 bits per heavy atom. The van der Waals surface area contributed by atoms with E-state index in [-0.39, 0.29) is 17.9 Å². The van der Waals surface area contributed by atoms with Crippen LogP contribution in [0.3, 0.4) is 0 Å². The molecule has 0 bridgehead atoms. The van der Waals surface area contributed by atoms with Crippen LogP contribution >= 0.6 is 0 Å². The number of carbonyl (C=O) groups is 2. The molecule has 0 unspecified atom stereocenters. The van der Waals surface area contributed by atoms with Crippen LogP contribution in [0.1, 0.15) is 23.2 Å². The number of carbonyl (C=O) groups excluding carboxylic acids is 2. The van der Waals surface area contributed by atoms with Crippen molar-refractivity contribution in [3.8, 4) is 0 Å². The van der Waals surface area contributed by atoms with Crippen molar-refractivity contribution in [3.63, 3.8) is 0 Å². The second kappa shape index (κ2) is 10.2. The Balaban J connectivity index is 1.36. The Morgan fingerprint density at radius 2 is 1.91 bits per heavy atom. The van der Waals surface area contributed by atoms with Crippen LogP contribution < -0.4 is 15.5 Å². The molecule has 1 aromatic carbocycles. The summed E-state index contributed by atoms with van der Waals surface area (Å²) in [6, 6.07) is 8.89. The largest absolute Gasteiger partial charge is 0.378 e. The summed E-state index contributed by atoms with van der Waals surface area (Å²) in [4.78, 5) is 37.5. The van der Waals surface area contributed by atoms with Crippen molar-refractivity contribution < 1.29 is 14.3 Å². The molecule has 0 radical (unpaired) electrons. The highest BCUT2D eigenvalue weighted by Gasteiger charge is 2.25. The summed E-state index contributed by atoms with van der Waals surface area (Å²) in [5, 5.41) is 6.09. The van der Waals surface area contributed by atoms with E-state index in [2.05, 4.69) is 32.1 Å². The summed E-state index contributed by atoms with van der Waals surface area (Å²) in [6.07, 6.45) is 4.82. The third kappa shape index (κ3) is 5.42. The number of aromatic nitrogens is 2. The topological polar surface area (TPSA) is 99.7 Å². The third-order valence-corrected chi connectivity index (χ3v) is 5.60. The highest BCUT2D eigenvalue weighted by Crippen LogP contribution is 2.19. The van der Waals surface area contributed by atoms with Crippen LogP contribution in [0.2, 0.25) is 0 Å². The molecular weight excluding hydrogens is 408 g/mol. The highest BCUT2D eigenvalue weighted by atomic mass is 16.5. The number of piperidine rings is 1. The summed E-state index contributed by atoms with van der Waals surface area (Å²) in [5.74, 6) is 1.16.